The van der Waals surface area contributed by atoms with Crippen molar-refractivity contribution < 1.29 is 9.90 Å². The number of rotatable bonds is 2. The summed E-state index contributed by atoms with van der Waals surface area (Å²) < 4.78 is 2.72. The van der Waals surface area contributed by atoms with Crippen LogP contribution in [0, 0.1) is 0 Å². The van der Waals surface area contributed by atoms with E-state index in [4.69, 9.17) is 5.11 Å². The van der Waals surface area contributed by atoms with Gasteiger partial charge in [0.15, 0.2) is 0 Å². The van der Waals surface area contributed by atoms with Gasteiger partial charge in [-0.15, -0.1) is 0 Å². The molecule has 0 radical (unpaired) electrons. The second-order valence-corrected chi connectivity index (χ2v) is 3.87. The molecular formula is C6H6Br2N2O2. The Bertz CT molecular complexity index is 291. The van der Waals surface area contributed by atoms with Crippen LogP contribution in [0.15, 0.2) is 15.3 Å². The maximum absolute atomic E-state index is 10.5. The SMILES string of the molecule is CC(C(=O)O)n1cc(Br)c(Br)n1. The maximum Gasteiger partial charge on any atom is 0.328 e. The third kappa shape index (κ3) is 1.87. The van der Waals surface area contributed by atoms with Gasteiger partial charge in [-0.05, 0) is 38.8 Å². The molecule has 0 fully saturated rings. The minimum atomic E-state index is -0.905. The molecule has 1 aromatic rings. The van der Waals surface area contributed by atoms with Gasteiger partial charge in [-0.1, -0.05) is 0 Å². The number of nitrogens with zero attached hydrogens (tertiary/aromatic N) is 2. The third-order valence-electron chi connectivity index (χ3n) is 1.40. The molecule has 66 valence electrons. The Morgan fingerprint density at radius 1 is 1.75 bits per heavy atom. The molecule has 0 spiro atoms. The number of hydrogen-bond donors (Lipinski definition) is 1. The lowest BCUT2D eigenvalue weighted by atomic mass is 10.4. The topological polar surface area (TPSA) is 55.1 Å². The number of hydrogen-bond acceptors (Lipinski definition) is 2. The highest BCUT2D eigenvalue weighted by molar-refractivity contribution is 9.13. The van der Waals surface area contributed by atoms with Gasteiger partial charge in [0.1, 0.15) is 10.6 Å². The molecule has 1 aromatic heterocycles. The molecule has 0 amide bonds. The lowest BCUT2D eigenvalue weighted by Gasteiger charge is -2.04. The average Bonchev–Trinajstić information content (AvgIpc) is 2.30. The highest BCUT2D eigenvalue weighted by atomic mass is 79.9. The van der Waals surface area contributed by atoms with Crippen LogP contribution in [0.1, 0.15) is 13.0 Å². The summed E-state index contributed by atoms with van der Waals surface area (Å²) in [5, 5.41) is 12.6. The minimum Gasteiger partial charge on any atom is -0.480 e. The molecular weight excluding hydrogens is 292 g/mol. The summed E-state index contributed by atoms with van der Waals surface area (Å²) in [7, 11) is 0. The van der Waals surface area contributed by atoms with E-state index in [1.54, 1.807) is 13.1 Å². The summed E-state index contributed by atoms with van der Waals surface area (Å²) in [6.07, 6.45) is 1.61. The summed E-state index contributed by atoms with van der Waals surface area (Å²) in [5.41, 5.74) is 0. The van der Waals surface area contributed by atoms with E-state index in [0.29, 0.717) is 4.60 Å². The Hall–Kier alpha value is -0.360. The van der Waals surface area contributed by atoms with Crippen LogP contribution in [-0.4, -0.2) is 20.9 Å². The Morgan fingerprint density at radius 2 is 2.33 bits per heavy atom. The molecule has 0 aliphatic carbocycles. The van der Waals surface area contributed by atoms with Gasteiger partial charge in [-0.25, -0.2) is 4.79 Å². The van der Waals surface area contributed by atoms with Crippen LogP contribution in [0.5, 0.6) is 0 Å². The van der Waals surface area contributed by atoms with Crippen LogP contribution in [0.25, 0.3) is 0 Å². The lowest BCUT2D eigenvalue weighted by Crippen LogP contribution is -2.15. The van der Waals surface area contributed by atoms with Crippen molar-refractivity contribution in [3.05, 3.63) is 15.3 Å². The van der Waals surface area contributed by atoms with Crippen LogP contribution in [0.2, 0.25) is 0 Å². The van der Waals surface area contributed by atoms with E-state index >= 15 is 0 Å². The molecule has 0 aliphatic rings. The van der Waals surface area contributed by atoms with Crippen LogP contribution in [0.4, 0.5) is 0 Å². The quantitative estimate of drug-likeness (QED) is 0.909. The zero-order valence-electron chi connectivity index (χ0n) is 6.16. The first-order chi connectivity index (χ1) is 5.52. The maximum atomic E-state index is 10.5. The van der Waals surface area contributed by atoms with Crippen molar-refractivity contribution in [1.82, 2.24) is 9.78 Å². The summed E-state index contributed by atoms with van der Waals surface area (Å²) in [5.74, 6) is -0.905. The van der Waals surface area contributed by atoms with E-state index in [1.165, 1.54) is 4.68 Å². The van der Waals surface area contributed by atoms with Crippen molar-refractivity contribution in [3.8, 4) is 0 Å². The average molecular weight is 298 g/mol. The van der Waals surface area contributed by atoms with Crippen LogP contribution in [-0.2, 0) is 4.79 Å². The standard InChI is InChI=1S/C6H6Br2N2O2/c1-3(6(11)12)10-2-4(7)5(8)9-10/h2-3H,1H3,(H,11,12). The fourth-order valence-electron chi connectivity index (χ4n) is 0.659. The minimum absolute atomic E-state index is 0.607. The van der Waals surface area contributed by atoms with E-state index < -0.39 is 12.0 Å². The summed E-state index contributed by atoms with van der Waals surface area (Å²) >= 11 is 6.37. The van der Waals surface area contributed by atoms with Crippen molar-refractivity contribution in [1.29, 1.82) is 0 Å². The predicted molar refractivity (Wildman–Crippen MR) is 50.0 cm³/mol. The molecule has 1 heterocycles. The summed E-state index contributed by atoms with van der Waals surface area (Å²) in [4.78, 5) is 10.5. The Labute approximate surface area is 85.8 Å². The van der Waals surface area contributed by atoms with Crippen molar-refractivity contribution >= 4 is 37.8 Å². The van der Waals surface area contributed by atoms with Gasteiger partial charge in [0.05, 0.1) is 4.47 Å². The largest absolute Gasteiger partial charge is 0.480 e. The summed E-state index contributed by atoms with van der Waals surface area (Å²) in [6.45, 7) is 1.56. The van der Waals surface area contributed by atoms with E-state index in [0.717, 1.165) is 4.47 Å². The molecule has 1 rings (SSSR count). The van der Waals surface area contributed by atoms with Gasteiger partial charge in [0.25, 0.3) is 0 Å². The molecule has 0 aliphatic heterocycles. The predicted octanol–water partition coefficient (Wildman–Crippen LogP) is 2.05. The van der Waals surface area contributed by atoms with E-state index in [2.05, 4.69) is 37.0 Å². The smallest absolute Gasteiger partial charge is 0.328 e. The monoisotopic (exact) mass is 296 g/mol. The van der Waals surface area contributed by atoms with Gasteiger partial charge in [0.2, 0.25) is 0 Å². The van der Waals surface area contributed by atoms with Crippen molar-refractivity contribution in [2.24, 2.45) is 0 Å². The van der Waals surface area contributed by atoms with Crippen molar-refractivity contribution in [2.75, 3.05) is 0 Å². The molecule has 1 atom stereocenters. The second kappa shape index (κ2) is 3.57. The zero-order chi connectivity index (χ0) is 9.30. The molecule has 1 N–H and O–H groups in total. The molecule has 1 unspecified atom stereocenters. The Balaban J connectivity index is 2.96. The second-order valence-electron chi connectivity index (χ2n) is 2.26. The first-order valence-corrected chi connectivity index (χ1v) is 4.74. The molecule has 0 saturated heterocycles. The Morgan fingerprint density at radius 3 is 2.67 bits per heavy atom. The van der Waals surface area contributed by atoms with E-state index in [1.807, 2.05) is 0 Å². The first-order valence-electron chi connectivity index (χ1n) is 3.15. The van der Waals surface area contributed by atoms with Gasteiger partial charge in [-0.2, -0.15) is 5.10 Å². The van der Waals surface area contributed by atoms with Crippen LogP contribution in [0.3, 0.4) is 0 Å². The zero-order valence-corrected chi connectivity index (χ0v) is 9.33. The van der Waals surface area contributed by atoms with Gasteiger partial charge < -0.3 is 5.11 Å². The van der Waals surface area contributed by atoms with Gasteiger partial charge >= 0.3 is 5.97 Å². The first kappa shape index (κ1) is 9.73. The molecule has 6 heteroatoms. The van der Waals surface area contributed by atoms with Crippen molar-refractivity contribution in [2.45, 2.75) is 13.0 Å². The number of carbonyl (C=O) groups is 1. The molecule has 0 bridgehead atoms. The number of carboxylic acid groups (broad SMARTS) is 1. The van der Waals surface area contributed by atoms with Crippen LogP contribution >= 0.6 is 31.9 Å². The van der Waals surface area contributed by atoms with Gasteiger partial charge in [0, 0.05) is 6.20 Å². The molecule has 0 saturated carbocycles. The number of halogens is 2. The van der Waals surface area contributed by atoms with Crippen LogP contribution < -0.4 is 0 Å². The van der Waals surface area contributed by atoms with E-state index in [-0.39, 0.29) is 0 Å². The highest BCUT2D eigenvalue weighted by Gasteiger charge is 2.15. The number of aliphatic carboxylic acids is 1. The van der Waals surface area contributed by atoms with Gasteiger partial charge in [-0.3, -0.25) is 4.68 Å². The van der Waals surface area contributed by atoms with Crippen molar-refractivity contribution in [3.63, 3.8) is 0 Å². The molecule has 12 heavy (non-hydrogen) atoms. The summed E-state index contributed by atoms with van der Waals surface area (Å²) in [6, 6.07) is -0.646. The van der Waals surface area contributed by atoms with E-state index in [9.17, 15) is 4.79 Å². The lowest BCUT2D eigenvalue weighted by molar-refractivity contribution is -0.140. The highest BCUT2D eigenvalue weighted by Crippen LogP contribution is 2.22. The third-order valence-corrected chi connectivity index (χ3v) is 3.10. The number of aromatic nitrogens is 2. The molecule has 0 aromatic carbocycles. The normalized spacial score (nSPS) is 12.9. The molecule has 4 nitrogen and oxygen atoms in total. The number of carboxylic acids is 1. The fourth-order valence-corrected chi connectivity index (χ4v) is 1.23. The fraction of sp³-hybridized carbons (Fsp3) is 0.333. The Kier molecular flexibility index (Phi) is 2.89.